The van der Waals surface area contributed by atoms with E-state index in [1.807, 2.05) is 30.2 Å². The van der Waals surface area contributed by atoms with E-state index in [9.17, 15) is 0 Å². The number of hydrogen-bond acceptors (Lipinski definition) is 3. The quantitative estimate of drug-likeness (QED) is 0.602. The van der Waals surface area contributed by atoms with Crippen LogP contribution in [0.25, 0.3) is 0 Å². The zero-order valence-electron chi connectivity index (χ0n) is 16.5. The van der Waals surface area contributed by atoms with Gasteiger partial charge in [-0.2, -0.15) is 5.10 Å². The van der Waals surface area contributed by atoms with Gasteiger partial charge in [0, 0.05) is 52.8 Å². The predicted molar refractivity (Wildman–Crippen MR) is 109 cm³/mol. The van der Waals surface area contributed by atoms with Crippen LogP contribution in [-0.2, 0) is 17.8 Å². The maximum Gasteiger partial charge on any atom is 0.193 e. The van der Waals surface area contributed by atoms with Gasteiger partial charge in [-0.15, -0.1) is 0 Å². The van der Waals surface area contributed by atoms with Crippen LogP contribution >= 0.6 is 0 Å². The fourth-order valence-electron chi connectivity index (χ4n) is 3.50. The Morgan fingerprint density at radius 3 is 2.85 bits per heavy atom. The summed E-state index contributed by atoms with van der Waals surface area (Å²) in [6.07, 6.45) is 7.36. The fourth-order valence-corrected chi connectivity index (χ4v) is 3.50. The second-order valence-corrected chi connectivity index (χ2v) is 7.19. The first-order chi connectivity index (χ1) is 13.2. The molecule has 27 heavy (non-hydrogen) atoms. The van der Waals surface area contributed by atoms with E-state index in [-0.39, 0.29) is 0 Å². The lowest BCUT2D eigenvalue weighted by Crippen LogP contribution is -2.39. The monoisotopic (exact) mass is 369 g/mol. The molecule has 0 spiro atoms. The predicted octanol–water partition coefficient (Wildman–Crippen LogP) is 2.76. The Balaban J connectivity index is 1.48. The van der Waals surface area contributed by atoms with Crippen LogP contribution < -0.4 is 5.32 Å². The van der Waals surface area contributed by atoms with Crippen LogP contribution in [0.1, 0.15) is 30.4 Å². The van der Waals surface area contributed by atoms with E-state index < -0.39 is 0 Å². The first-order valence-electron chi connectivity index (χ1n) is 9.79. The molecular formula is C21H31N5O. The van der Waals surface area contributed by atoms with Crippen LogP contribution in [0.3, 0.4) is 0 Å². The summed E-state index contributed by atoms with van der Waals surface area (Å²) in [5, 5.41) is 7.77. The van der Waals surface area contributed by atoms with Crippen molar-refractivity contribution < 1.29 is 4.74 Å². The fraction of sp³-hybridized carbons (Fsp3) is 0.524. The van der Waals surface area contributed by atoms with Gasteiger partial charge in [0.25, 0.3) is 0 Å². The first-order valence-corrected chi connectivity index (χ1v) is 9.79. The lowest BCUT2D eigenvalue weighted by Gasteiger charge is -2.27. The molecule has 2 aromatic rings. The second kappa shape index (κ2) is 10.1. The van der Waals surface area contributed by atoms with E-state index in [0.29, 0.717) is 0 Å². The number of nitrogens with one attached hydrogen (secondary N) is 1. The molecule has 1 aliphatic heterocycles. The van der Waals surface area contributed by atoms with Crippen LogP contribution in [0.15, 0.2) is 47.7 Å². The lowest BCUT2D eigenvalue weighted by molar-refractivity contribution is 0.0625. The van der Waals surface area contributed by atoms with Crippen molar-refractivity contribution in [3.05, 3.63) is 53.9 Å². The zero-order valence-corrected chi connectivity index (χ0v) is 16.5. The Morgan fingerprint density at radius 1 is 1.30 bits per heavy atom. The maximum absolute atomic E-state index is 5.45. The molecule has 1 aromatic heterocycles. The Labute approximate surface area is 162 Å². The van der Waals surface area contributed by atoms with Gasteiger partial charge in [0.2, 0.25) is 0 Å². The van der Waals surface area contributed by atoms with Gasteiger partial charge in [-0.05, 0) is 42.4 Å². The highest BCUT2D eigenvalue weighted by molar-refractivity contribution is 5.79. The van der Waals surface area contributed by atoms with Crippen LogP contribution in [0, 0.1) is 5.92 Å². The molecule has 1 aliphatic rings. The van der Waals surface area contributed by atoms with Crippen LogP contribution in [0.2, 0.25) is 0 Å². The SMILES string of the molecule is CN=C(NCc1cccc(Cn2cccn2)c1)N(C)CCC1CCOCC1. The van der Waals surface area contributed by atoms with Crippen molar-refractivity contribution in [2.24, 2.45) is 10.9 Å². The van der Waals surface area contributed by atoms with Crippen LogP contribution in [0.5, 0.6) is 0 Å². The number of aliphatic imine (C=N–C) groups is 1. The molecule has 0 unspecified atom stereocenters. The topological polar surface area (TPSA) is 54.7 Å². The molecule has 146 valence electrons. The van der Waals surface area contributed by atoms with Crippen molar-refractivity contribution in [1.29, 1.82) is 0 Å². The molecule has 3 rings (SSSR count). The van der Waals surface area contributed by atoms with Crippen LogP contribution in [0.4, 0.5) is 0 Å². The van der Waals surface area contributed by atoms with Gasteiger partial charge in [-0.25, -0.2) is 0 Å². The summed E-state index contributed by atoms with van der Waals surface area (Å²) < 4.78 is 7.39. The molecule has 0 aliphatic carbocycles. The number of nitrogens with zero attached hydrogens (tertiary/aromatic N) is 4. The van der Waals surface area contributed by atoms with Crippen molar-refractivity contribution in [2.75, 3.05) is 33.9 Å². The molecule has 0 saturated carbocycles. The van der Waals surface area contributed by atoms with Gasteiger partial charge < -0.3 is 15.0 Å². The molecule has 1 aromatic carbocycles. The summed E-state index contributed by atoms with van der Waals surface area (Å²) in [5.41, 5.74) is 2.50. The average Bonchev–Trinajstić information content (AvgIpc) is 3.21. The Morgan fingerprint density at radius 2 is 2.11 bits per heavy atom. The number of rotatable bonds is 7. The van der Waals surface area contributed by atoms with E-state index in [0.717, 1.165) is 44.7 Å². The van der Waals surface area contributed by atoms with Gasteiger partial charge in [0.15, 0.2) is 5.96 Å². The molecule has 1 N–H and O–H groups in total. The number of ether oxygens (including phenoxy) is 1. The third-order valence-electron chi connectivity index (χ3n) is 5.13. The largest absolute Gasteiger partial charge is 0.381 e. The summed E-state index contributed by atoms with van der Waals surface area (Å²) in [5.74, 6) is 1.72. The second-order valence-electron chi connectivity index (χ2n) is 7.19. The molecule has 2 heterocycles. The van der Waals surface area contributed by atoms with Gasteiger partial charge >= 0.3 is 0 Å². The van der Waals surface area contributed by atoms with E-state index in [2.05, 4.69) is 51.6 Å². The molecule has 6 nitrogen and oxygen atoms in total. The average molecular weight is 370 g/mol. The van der Waals surface area contributed by atoms with Gasteiger partial charge in [-0.1, -0.05) is 24.3 Å². The molecule has 1 saturated heterocycles. The smallest absolute Gasteiger partial charge is 0.193 e. The zero-order chi connectivity index (χ0) is 18.9. The highest BCUT2D eigenvalue weighted by Gasteiger charge is 2.15. The van der Waals surface area contributed by atoms with Crippen LogP contribution in [-0.4, -0.2) is 54.5 Å². The molecule has 0 radical (unpaired) electrons. The summed E-state index contributed by atoms with van der Waals surface area (Å²) in [6, 6.07) is 10.6. The minimum Gasteiger partial charge on any atom is -0.381 e. The summed E-state index contributed by atoms with van der Waals surface area (Å²) >= 11 is 0. The highest BCUT2D eigenvalue weighted by atomic mass is 16.5. The highest BCUT2D eigenvalue weighted by Crippen LogP contribution is 2.18. The normalized spacial score (nSPS) is 15.7. The molecule has 0 amide bonds. The first kappa shape index (κ1) is 19.4. The molecular weight excluding hydrogens is 338 g/mol. The number of guanidine groups is 1. The maximum atomic E-state index is 5.45. The number of hydrogen-bond donors (Lipinski definition) is 1. The molecule has 0 atom stereocenters. The third-order valence-corrected chi connectivity index (χ3v) is 5.13. The van der Waals surface area contributed by atoms with E-state index in [4.69, 9.17) is 4.74 Å². The summed E-state index contributed by atoms with van der Waals surface area (Å²) in [6.45, 7) is 4.40. The van der Waals surface area contributed by atoms with Gasteiger partial charge in [-0.3, -0.25) is 9.67 Å². The number of benzene rings is 1. The van der Waals surface area contributed by atoms with Crippen molar-refractivity contribution >= 4 is 5.96 Å². The van der Waals surface area contributed by atoms with E-state index in [1.165, 1.54) is 30.4 Å². The van der Waals surface area contributed by atoms with E-state index in [1.54, 1.807) is 0 Å². The minimum absolute atomic E-state index is 0.765. The lowest BCUT2D eigenvalue weighted by atomic mass is 9.96. The Hall–Kier alpha value is -2.34. The standard InChI is InChI=1S/C21H31N5O/c1-22-21(25(2)12-7-18-8-13-27-14-9-18)23-16-19-5-3-6-20(15-19)17-26-11-4-10-24-26/h3-6,10-11,15,18H,7-9,12-14,16-17H2,1-2H3,(H,22,23). The van der Waals surface area contributed by atoms with Gasteiger partial charge in [0.05, 0.1) is 6.54 Å². The Bertz CT molecular complexity index is 707. The summed E-state index contributed by atoms with van der Waals surface area (Å²) in [7, 11) is 3.96. The number of aromatic nitrogens is 2. The van der Waals surface area contributed by atoms with Crippen molar-refractivity contribution in [1.82, 2.24) is 20.0 Å². The van der Waals surface area contributed by atoms with E-state index >= 15 is 0 Å². The van der Waals surface area contributed by atoms with Crippen molar-refractivity contribution in [2.45, 2.75) is 32.4 Å². The molecule has 1 fully saturated rings. The Kier molecular flexibility index (Phi) is 7.27. The summed E-state index contributed by atoms with van der Waals surface area (Å²) in [4.78, 5) is 6.67. The molecule has 0 bridgehead atoms. The third kappa shape index (κ3) is 6.10. The minimum atomic E-state index is 0.765. The van der Waals surface area contributed by atoms with Crippen molar-refractivity contribution in [3.8, 4) is 0 Å². The van der Waals surface area contributed by atoms with Gasteiger partial charge in [0.1, 0.15) is 0 Å². The van der Waals surface area contributed by atoms with Crippen molar-refractivity contribution in [3.63, 3.8) is 0 Å². The molecule has 6 heteroatoms.